The van der Waals surface area contributed by atoms with E-state index in [1.165, 1.54) is 19.3 Å². The predicted molar refractivity (Wildman–Crippen MR) is 70.0 cm³/mol. The Morgan fingerprint density at radius 2 is 2.06 bits per heavy atom. The largest absolute Gasteiger partial charge is 0.354 e. The highest BCUT2D eigenvalue weighted by Crippen LogP contribution is 2.40. The van der Waals surface area contributed by atoms with Crippen LogP contribution in [0.5, 0.6) is 0 Å². The Balaban J connectivity index is 1.63. The highest BCUT2D eigenvalue weighted by atomic mass is 15.5. The van der Waals surface area contributed by atoms with Gasteiger partial charge in [-0.1, -0.05) is 6.42 Å². The zero-order chi connectivity index (χ0) is 11.9. The summed E-state index contributed by atoms with van der Waals surface area (Å²) < 4.78 is 2.15. The number of hydrogen-bond acceptors (Lipinski definition) is 5. The van der Waals surface area contributed by atoms with Crippen LogP contribution in [0.1, 0.15) is 25.3 Å². The molecule has 98 valence electrons. The van der Waals surface area contributed by atoms with Crippen LogP contribution in [-0.4, -0.2) is 47.5 Å². The van der Waals surface area contributed by atoms with Crippen molar-refractivity contribution < 1.29 is 0 Å². The SMILES string of the molecule is C1CC2CNc3nc(N4CCNCC4)nn3C2C1. The van der Waals surface area contributed by atoms with Crippen molar-refractivity contribution in [2.75, 3.05) is 42.9 Å². The molecule has 6 nitrogen and oxygen atoms in total. The Hall–Kier alpha value is -1.30. The summed E-state index contributed by atoms with van der Waals surface area (Å²) in [5.74, 6) is 2.65. The monoisotopic (exact) mass is 248 g/mol. The average molecular weight is 248 g/mol. The van der Waals surface area contributed by atoms with Gasteiger partial charge in [0.05, 0.1) is 6.04 Å². The van der Waals surface area contributed by atoms with Gasteiger partial charge >= 0.3 is 0 Å². The maximum Gasteiger partial charge on any atom is 0.246 e. The lowest BCUT2D eigenvalue weighted by atomic mass is 10.0. The van der Waals surface area contributed by atoms with Gasteiger partial charge in [0.1, 0.15) is 0 Å². The van der Waals surface area contributed by atoms with Crippen molar-refractivity contribution in [3.8, 4) is 0 Å². The Labute approximate surface area is 107 Å². The molecule has 2 fully saturated rings. The Morgan fingerprint density at radius 1 is 1.17 bits per heavy atom. The van der Waals surface area contributed by atoms with Gasteiger partial charge in [-0.05, 0) is 18.8 Å². The van der Waals surface area contributed by atoms with E-state index in [2.05, 4.69) is 25.2 Å². The second-order valence-corrected chi connectivity index (χ2v) is 5.56. The number of nitrogens with one attached hydrogen (secondary N) is 2. The first-order valence-electron chi connectivity index (χ1n) is 7.08. The van der Waals surface area contributed by atoms with Gasteiger partial charge in [-0.2, -0.15) is 4.98 Å². The number of fused-ring (bicyclic) bond motifs is 3. The van der Waals surface area contributed by atoms with Gasteiger partial charge in [0, 0.05) is 32.7 Å². The zero-order valence-corrected chi connectivity index (χ0v) is 10.6. The molecule has 0 amide bonds. The first-order chi connectivity index (χ1) is 8.92. The Bertz CT molecular complexity index is 436. The van der Waals surface area contributed by atoms with Crippen molar-refractivity contribution in [2.45, 2.75) is 25.3 Å². The quantitative estimate of drug-likeness (QED) is 0.756. The molecule has 1 saturated heterocycles. The molecule has 6 heteroatoms. The fourth-order valence-electron chi connectivity index (χ4n) is 3.46. The molecule has 2 aliphatic heterocycles. The fourth-order valence-corrected chi connectivity index (χ4v) is 3.46. The first-order valence-corrected chi connectivity index (χ1v) is 7.08. The van der Waals surface area contributed by atoms with E-state index in [0.29, 0.717) is 6.04 Å². The summed E-state index contributed by atoms with van der Waals surface area (Å²) in [5.41, 5.74) is 0. The van der Waals surface area contributed by atoms with E-state index >= 15 is 0 Å². The summed E-state index contributed by atoms with van der Waals surface area (Å²) in [4.78, 5) is 6.96. The van der Waals surface area contributed by atoms with Gasteiger partial charge in [-0.25, -0.2) is 4.68 Å². The van der Waals surface area contributed by atoms with E-state index in [4.69, 9.17) is 5.10 Å². The highest BCUT2D eigenvalue weighted by Gasteiger charge is 2.35. The van der Waals surface area contributed by atoms with E-state index in [9.17, 15) is 0 Å². The summed E-state index contributed by atoms with van der Waals surface area (Å²) >= 11 is 0. The molecular formula is C12H20N6. The highest BCUT2D eigenvalue weighted by molar-refractivity contribution is 5.40. The van der Waals surface area contributed by atoms with E-state index in [0.717, 1.165) is 50.5 Å². The maximum absolute atomic E-state index is 4.76. The normalized spacial score (nSPS) is 30.8. The van der Waals surface area contributed by atoms with E-state index in [1.807, 2.05) is 0 Å². The number of aromatic nitrogens is 3. The molecule has 1 aliphatic carbocycles. The smallest absolute Gasteiger partial charge is 0.246 e. The van der Waals surface area contributed by atoms with Gasteiger partial charge in [0.15, 0.2) is 0 Å². The average Bonchev–Trinajstić information content (AvgIpc) is 3.05. The number of anilines is 2. The van der Waals surface area contributed by atoms with Crippen LogP contribution in [0.4, 0.5) is 11.9 Å². The molecule has 0 radical (unpaired) electrons. The molecule has 2 N–H and O–H groups in total. The third kappa shape index (κ3) is 1.59. The van der Waals surface area contributed by atoms with Crippen LogP contribution in [0.3, 0.4) is 0 Å². The second kappa shape index (κ2) is 4.12. The molecule has 0 aromatic carbocycles. The van der Waals surface area contributed by atoms with Crippen molar-refractivity contribution >= 4 is 11.9 Å². The van der Waals surface area contributed by atoms with E-state index in [1.54, 1.807) is 0 Å². The molecule has 3 heterocycles. The van der Waals surface area contributed by atoms with Crippen molar-refractivity contribution in [3.05, 3.63) is 0 Å². The summed E-state index contributed by atoms with van der Waals surface area (Å²) in [6, 6.07) is 0.588. The fraction of sp³-hybridized carbons (Fsp3) is 0.833. The third-order valence-corrected chi connectivity index (χ3v) is 4.48. The lowest BCUT2D eigenvalue weighted by Crippen LogP contribution is -2.44. The van der Waals surface area contributed by atoms with Crippen molar-refractivity contribution in [1.82, 2.24) is 20.1 Å². The van der Waals surface area contributed by atoms with Crippen LogP contribution in [0.2, 0.25) is 0 Å². The van der Waals surface area contributed by atoms with Crippen LogP contribution >= 0.6 is 0 Å². The van der Waals surface area contributed by atoms with Crippen LogP contribution in [0.25, 0.3) is 0 Å². The minimum Gasteiger partial charge on any atom is -0.354 e. The number of hydrogen-bond donors (Lipinski definition) is 2. The minimum atomic E-state index is 0.588. The molecule has 2 atom stereocenters. The van der Waals surface area contributed by atoms with Crippen molar-refractivity contribution in [3.63, 3.8) is 0 Å². The van der Waals surface area contributed by atoms with Crippen LogP contribution in [0.15, 0.2) is 0 Å². The topological polar surface area (TPSA) is 58.0 Å². The standard InChI is InChI=1S/C12H20N6/c1-2-9-8-14-11-15-12(16-18(11)10(9)3-1)17-6-4-13-5-7-17/h9-10,13H,1-8H2,(H,14,15,16). The van der Waals surface area contributed by atoms with Crippen LogP contribution in [0, 0.1) is 5.92 Å². The van der Waals surface area contributed by atoms with Gasteiger partial charge < -0.3 is 15.5 Å². The molecule has 18 heavy (non-hydrogen) atoms. The molecule has 1 saturated carbocycles. The van der Waals surface area contributed by atoms with Gasteiger partial charge in [-0.15, -0.1) is 5.10 Å². The second-order valence-electron chi connectivity index (χ2n) is 5.56. The lowest BCUT2D eigenvalue weighted by molar-refractivity contribution is 0.346. The van der Waals surface area contributed by atoms with Crippen LogP contribution in [-0.2, 0) is 0 Å². The van der Waals surface area contributed by atoms with Crippen LogP contribution < -0.4 is 15.5 Å². The molecule has 4 rings (SSSR count). The third-order valence-electron chi connectivity index (χ3n) is 4.48. The molecule has 1 aromatic rings. The maximum atomic E-state index is 4.76. The predicted octanol–water partition coefficient (Wildman–Crippen LogP) is 0.454. The lowest BCUT2D eigenvalue weighted by Gasteiger charge is -2.27. The number of rotatable bonds is 1. The Morgan fingerprint density at radius 3 is 2.94 bits per heavy atom. The molecule has 3 aliphatic rings. The Kier molecular flexibility index (Phi) is 2.43. The molecular weight excluding hydrogens is 228 g/mol. The van der Waals surface area contributed by atoms with E-state index in [-0.39, 0.29) is 0 Å². The summed E-state index contributed by atoms with van der Waals surface area (Å²) in [5, 5.41) is 11.6. The number of piperazine rings is 1. The summed E-state index contributed by atoms with van der Waals surface area (Å²) in [7, 11) is 0. The molecule has 0 bridgehead atoms. The zero-order valence-electron chi connectivity index (χ0n) is 10.6. The van der Waals surface area contributed by atoms with E-state index < -0.39 is 0 Å². The summed E-state index contributed by atoms with van der Waals surface area (Å²) in [6.07, 6.45) is 3.93. The molecule has 0 spiro atoms. The molecule has 2 unspecified atom stereocenters. The van der Waals surface area contributed by atoms with Crippen molar-refractivity contribution in [2.24, 2.45) is 5.92 Å². The van der Waals surface area contributed by atoms with Gasteiger partial charge in [0.2, 0.25) is 11.9 Å². The van der Waals surface area contributed by atoms with Crippen molar-refractivity contribution in [1.29, 1.82) is 0 Å². The summed E-state index contributed by atoms with van der Waals surface area (Å²) in [6.45, 7) is 5.16. The minimum absolute atomic E-state index is 0.588. The molecule has 1 aromatic heterocycles. The van der Waals surface area contributed by atoms with Gasteiger partial charge in [-0.3, -0.25) is 0 Å². The number of nitrogens with zero attached hydrogens (tertiary/aromatic N) is 4. The first kappa shape index (κ1) is 10.6. The van der Waals surface area contributed by atoms with Gasteiger partial charge in [0.25, 0.3) is 0 Å².